The Kier molecular flexibility index (Phi) is 2.06. The first kappa shape index (κ1) is 7.95. The number of benzene rings is 1. The predicted octanol–water partition coefficient (Wildman–Crippen LogP) is 2.17. The highest BCUT2D eigenvalue weighted by molar-refractivity contribution is 5.85. The van der Waals surface area contributed by atoms with Crippen molar-refractivity contribution in [2.75, 3.05) is 5.73 Å². The summed E-state index contributed by atoms with van der Waals surface area (Å²) in [5.74, 6) is 0.723. The van der Waals surface area contributed by atoms with Gasteiger partial charge in [0.1, 0.15) is 5.82 Å². The van der Waals surface area contributed by atoms with Gasteiger partial charge in [0.25, 0.3) is 0 Å². The number of rotatable bonds is 0. The Morgan fingerprint density at radius 2 is 1.91 bits per heavy atom. The van der Waals surface area contributed by atoms with Gasteiger partial charge in [-0.1, -0.05) is 18.2 Å². The van der Waals surface area contributed by atoms with Crippen molar-refractivity contribution >= 4 is 29.1 Å². The minimum Gasteiger partial charge on any atom is -0.385 e. The normalized spacial score (nSPS) is 9.45. The lowest BCUT2D eigenvalue weighted by Crippen LogP contribution is -1.80. The molecule has 1 aromatic carbocycles. The largest absolute Gasteiger partial charge is 0.385 e. The summed E-state index contributed by atoms with van der Waals surface area (Å²) < 4.78 is 0. The van der Waals surface area contributed by atoms with E-state index in [1.54, 1.807) is 0 Å². The number of aromatic amines is 1. The van der Waals surface area contributed by atoms with Gasteiger partial charge in [0, 0.05) is 10.9 Å². The molecule has 58 valence electrons. The second kappa shape index (κ2) is 2.84. The van der Waals surface area contributed by atoms with Crippen molar-refractivity contribution in [3.8, 4) is 0 Å². The third-order valence-electron chi connectivity index (χ3n) is 1.55. The van der Waals surface area contributed by atoms with E-state index in [0.29, 0.717) is 0 Å². The molecule has 11 heavy (non-hydrogen) atoms. The zero-order valence-electron chi connectivity index (χ0n) is 5.87. The van der Waals surface area contributed by atoms with Gasteiger partial charge in [0.05, 0.1) is 0 Å². The number of aromatic nitrogens is 1. The number of para-hydroxylation sites is 1. The van der Waals surface area contributed by atoms with E-state index >= 15 is 0 Å². The highest BCUT2D eigenvalue weighted by Crippen LogP contribution is 2.14. The van der Waals surface area contributed by atoms with Crippen LogP contribution in [0.25, 0.3) is 10.9 Å². The van der Waals surface area contributed by atoms with E-state index in [4.69, 9.17) is 5.73 Å². The maximum absolute atomic E-state index is 5.54. The quantitative estimate of drug-likeness (QED) is 0.622. The summed E-state index contributed by atoms with van der Waals surface area (Å²) in [6, 6.07) is 9.94. The number of H-pyrrole nitrogens is 1. The van der Waals surface area contributed by atoms with Gasteiger partial charge in [-0.3, -0.25) is 0 Å². The highest BCUT2D eigenvalue weighted by atomic mass is 35.5. The van der Waals surface area contributed by atoms with E-state index in [0.717, 1.165) is 11.3 Å². The van der Waals surface area contributed by atoms with Crippen molar-refractivity contribution in [1.29, 1.82) is 0 Å². The minimum absolute atomic E-state index is 0. The Bertz CT molecular complexity index is 321. The topological polar surface area (TPSA) is 41.8 Å². The Morgan fingerprint density at radius 3 is 2.64 bits per heavy atom. The van der Waals surface area contributed by atoms with E-state index in [1.165, 1.54) is 5.39 Å². The van der Waals surface area contributed by atoms with Crippen molar-refractivity contribution < 1.29 is 0 Å². The lowest BCUT2D eigenvalue weighted by atomic mass is 10.3. The lowest BCUT2D eigenvalue weighted by Gasteiger charge is -1.83. The molecule has 0 spiro atoms. The molecule has 0 fully saturated rings. The zero-order chi connectivity index (χ0) is 6.97. The molecule has 2 rings (SSSR count). The van der Waals surface area contributed by atoms with Crippen LogP contribution in [0.3, 0.4) is 0 Å². The third-order valence-corrected chi connectivity index (χ3v) is 1.55. The van der Waals surface area contributed by atoms with Gasteiger partial charge in [-0.05, 0) is 12.1 Å². The summed E-state index contributed by atoms with van der Waals surface area (Å²) in [6.07, 6.45) is 0. The van der Waals surface area contributed by atoms with Crippen molar-refractivity contribution in [3.63, 3.8) is 0 Å². The second-order valence-corrected chi connectivity index (χ2v) is 2.31. The molecule has 0 aliphatic heterocycles. The molecule has 0 unspecified atom stereocenters. The molecule has 0 radical (unpaired) electrons. The number of hydrogen-bond acceptors (Lipinski definition) is 1. The first-order chi connectivity index (χ1) is 4.86. The number of fused-ring (bicyclic) bond motifs is 1. The molecule has 0 amide bonds. The molecule has 0 aliphatic rings. The number of hydrogen-bond donors (Lipinski definition) is 2. The third kappa shape index (κ3) is 1.30. The van der Waals surface area contributed by atoms with E-state index in [9.17, 15) is 0 Å². The van der Waals surface area contributed by atoms with Crippen molar-refractivity contribution in [2.24, 2.45) is 0 Å². The van der Waals surface area contributed by atoms with Gasteiger partial charge in [-0.15, -0.1) is 12.4 Å². The molecule has 0 saturated carbocycles. The molecule has 2 aromatic rings. The summed E-state index contributed by atoms with van der Waals surface area (Å²) in [4.78, 5) is 3.04. The van der Waals surface area contributed by atoms with Crippen LogP contribution in [0.1, 0.15) is 0 Å². The van der Waals surface area contributed by atoms with Crippen LogP contribution in [0.15, 0.2) is 30.3 Å². The van der Waals surface area contributed by atoms with Crippen LogP contribution in [0.2, 0.25) is 0 Å². The Morgan fingerprint density at radius 1 is 1.18 bits per heavy atom. The Balaban J connectivity index is 0.000000605. The summed E-state index contributed by atoms with van der Waals surface area (Å²) in [5, 5.41) is 1.17. The summed E-state index contributed by atoms with van der Waals surface area (Å²) in [7, 11) is 0. The first-order valence-electron chi connectivity index (χ1n) is 3.19. The lowest BCUT2D eigenvalue weighted by molar-refractivity contribution is 1.47. The van der Waals surface area contributed by atoms with Crippen LogP contribution in [0.4, 0.5) is 5.82 Å². The number of nitrogen functional groups attached to an aromatic ring is 1. The van der Waals surface area contributed by atoms with Gasteiger partial charge in [0.15, 0.2) is 0 Å². The molecule has 0 bridgehead atoms. The summed E-state index contributed by atoms with van der Waals surface area (Å²) >= 11 is 0. The average Bonchev–Trinajstić information content (AvgIpc) is 2.27. The minimum atomic E-state index is 0. The molecule has 0 aliphatic carbocycles. The van der Waals surface area contributed by atoms with Gasteiger partial charge in [-0.2, -0.15) is 0 Å². The standard InChI is InChI=1S/C8H8N2.ClH/c9-8-5-6-3-1-2-4-7(6)10-8;/h1-5,10H,9H2;1H. The van der Waals surface area contributed by atoms with Gasteiger partial charge in [0.2, 0.25) is 0 Å². The Hall–Kier alpha value is -1.15. The van der Waals surface area contributed by atoms with Crippen LogP contribution >= 0.6 is 12.4 Å². The van der Waals surface area contributed by atoms with E-state index in [2.05, 4.69) is 4.98 Å². The molecule has 3 heteroatoms. The molecular formula is C8H9ClN2. The van der Waals surface area contributed by atoms with Crippen LogP contribution in [0, 0.1) is 0 Å². The smallest absolute Gasteiger partial charge is 0.101 e. The van der Waals surface area contributed by atoms with Gasteiger partial charge >= 0.3 is 0 Å². The van der Waals surface area contributed by atoms with Crippen LogP contribution in [-0.2, 0) is 0 Å². The molecule has 0 saturated heterocycles. The molecular weight excluding hydrogens is 160 g/mol. The fourth-order valence-corrected chi connectivity index (χ4v) is 1.10. The summed E-state index contributed by atoms with van der Waals surface area (Å²) in [5.41, 5.74) is 6.63. The monoisotopic (exact) mass is 168 g/mol. The van der Waals surface area contributed by atoms with Gasteiger partial charge in [-0.25, -0.2) is 0 Å². The summed E-state index contributed by atoms with van der Waals surface area (Å²) in [6.45, 7) is 0. The van der Waals surface area contributed by atoms with Crippen LogP contribution < -0.4 is 5.73 Å². The highest BCUT2D eigenvalue weighted by Gasteiger charge is 1.92. The number of halogens is 1. The predicted molar refractivity (Wildman–Crippen MR) is 50.0 cm³/mol. The van der Waals surface area contributed by atoms with E-state index < -0.39 is 0 Å². The maximum Gasteiger partial charge on any atom is 0.101 e. The van der Waals surface area contributed by atoms with Crippen molar-refractivity contribution in [3.05, 3.63) is 30.3 Å². The fraction of sp³-hybridized carbons (Fsp3) is 0. The molecule has 1 aromatic heterocycles. The van der Waals surface area contributed by atoms with Gasteiger partial charge < -0.3 is 10.7 Å². The number of nitrogens with one attached hydrogen (secondary N) is 1. The average molecular weight is 169 g/mol. The van der Waals surface area contributed by atoms with Crippen LogP contribution in [0.5, 0.6) is 0 Å². The Labute approximate surface area is 70.8 Å². The van der Waals surface area contributed by atoms with Crippen molar-refractivity contribution in [2.45, 2.75) is 0 Å². The second-order valence-electron chi connectivity index (χ2n) is 2.31. The zero-order valence-corrected chi connectivity index (χ0v) is 6.69. The number of nitrogens with two attached hydrogens (primary N) is 1. The van der Waals surface area contributed by atoms with E-state index in [1.807, 2.05) is 30.3 Å². The molecule has 3 N–H and O–H groups in total. The first-order valence-corrected chi connectivity index (χ1v) is 3.19. The SMILES string of the molecule is Cl.Nc1cc2ccccc2[nH]1. The molecule has 1 heterocycles. The van der Waals surface area contributed by atoms with E-state index in [-0.39, 0.29) is 12.4 Å². The fourth-order valence-electron chi connectivity index (χ4n) is 1.10. The molecule has 2 nitrogen and oxygen atoms in total. The van der Waals surface area contributed by atoms with Crippen molar-refractivity contribution in [1.82, 2.24) is 4.98 Å². The maximum atomic E-state index is 5.54. The number of anilines is 1. The van der Waals surface area contributed by atoms with Crippen LogP contribution in [-0.4, -0.2) is 4.98 Å². The molecule has 0 atom stereocenters.